The van der Waals surface area contributed by atoms with Gasteiger partial charge in [-0.05, 0) is 48.5 Å². The molecule has 2 unspecified atom stereocenters. The highest BCUT2D eigenvalue weighted by molar-refractivity contribution is 8.33. The van der Waals surface area contributed by atoms with Crippen LogP contribution in [0.1, 0.15) is 72.6 Å². The minimum absolute atomic E-state index is 0.0702. The topological polar surface area (TPSA) is 77.5 Å². The normalized spacial score (nSPS) is 30.9. The van der Waals surface area contributed by atoms with Crippen molar-refractivity contribution in [3.63, 3.8) is 0 Å². The predicted octanol–water partition coefficient (Wildman–Crippen LogP) is 4.25. The molecular formula is C21H36O5S2. The second kappa shape index (κ2) is 7.69. The van der Waals surface area contributed by atoms with Crippen molar-refractivity contribution < 1.29 is 21.6 Å². The number of carbonyl (C=O) groups excluding carboxylic acids is 2. The van der Waals surface area contributed by atoms with Crippen LogP contribution in [0.2, 0.25) is 0 Å². The Kier molecular flexibility index (Phi) is 6.12. The van der Waals surface area contributed by atoms with Crippen LogP contribution in [0, 0.1) is 22.7 Å². The molecule has 0 aromatic rings. The van der Waals surface area contributed by atoms with Gasteiger partial charge in [0, 0.05) is 12.3 Å². The fraction of sp³-hybridized carbons (Fsp3) is 0.905. The van der Waals surface area contributed by atoms with Crippen LogP contribution in [0.3, 0.4) is 0 Å². The number of Topliss-reactive ketones (excluding diaryl/α,β-unsaturated/α-hetero) is 2. The van der Waals surface area contributed by atoms with E-state index in [2.05, 4.69) is 0 Å². The number of carbonyl (C=O) groups is 2. The van der Waals surface area contributed by atoms with Crippen molar-refractivity contribution in [2.24, 2.45) is 22.7 Å². The second-order valence-electron chi connectivity index (χ2n) is 9.57. The van der Waals surface area contributed by atoms with Crippen molar-refractivity contribution in [3.8, 4) is 0 Å². The minimum atomic E-state index is -3.90. The second-order valence-corrected chi connectivity index (χ2v) is 14.9. The van der Waals surface area contributed by atoms with Gasteiger partial charge in [-0.3, -0.25) is 9.59 Å². The molecule has 2 atom stereocenters. The third kappa shape index (κ3) is 3.71. The molecule has 0 aromatic heterocycles. The molecule has 0 aliphatic heterocycles. The molecule has 162 valence electrons. The van der Waals surface area contributed by atoms with Gasteiger partial charge in [0.15, 0.2) is 0 Å². The van der Waals surface area contributed by atoms with Crippen molar-refractivity contribution >= 4 is 32.0 Å². The summed E-state index contributed by atoms with van der Waals surface area (Å²) in [5.41, 5.74) is -1.13. The molecule has 7 heteroatoms. The summed E-state index contributed by atoms with van der Waals surface area (Å²) in [5, 5.41) is 0. The van der Waals surface area contributed by atoms with E-state index in [0.717, 1.165) is 32.1 Å². The molecule has 0 saturated heterocycles. The minimum Gasteiger partial charge on any atom is -0.299 e. The molecule has 0 amide bonds. The van der Waals surface area contributed by atoms with Gasteiger partial charge in [-0.15, -0.1) is 10.3 Å². The Morgan fingerprint density at radius 1 is 1.11 bits per heavy atom. The van der Waals surface area contributed by atoms with E-state index in [-0.39, 0.29) is 40.3 Å². The van der Waals surface area contributed by atoms with E-state index in [9.17, 15) is 18.0 Å². The zero-order chi connectivity index (χ0) is 20.8. The van der Waals surface area contributed by atoms with Crippen LogP contribution in [-0.2, 0) is 23.3 Å². The quantitative estimate of drug-likeness (QED) is 0.544. The summed E-state index contributed by atoms with van der Waals surface area (Å²) in [5.74, 6) is 1.70. The van der Waals surface area contributed by atoms with Crippen molar-refractivity contribution in [2.75, 3.05) is 23.0 Å². The third-order valence-electron chi connectivity index (χ3n) is 8.08. The van der Waals surface area contributed by atoms with E-state index in [0.29, 0.717) is 24.3 Å². The van der Waals surface area contributed by atoms with Gasteiger partial charge in [0.1, 0.15) is 11.6 Å². The van der Waals surface area contributed by atoms with Gasteiger partial charge >= 0.3 is 0 Å². The highest BCUT2D eigenvalue weighted by atomic mass is 32.3. The van der Waals surface area contributed by atoms with E-state index >= 15 is 0 Å². The first-order valence-electron chi connectivity index (χ1n) is 10.8. The molecule has 0 heterocycles. The van der Waals surface area contributed by atoms with Gasteiger partial charge < -0.3 is 0 Å². The zero-order valence-electron chi connectivity index (χ0n) is 17.8. The van der Waals surface area contributed by atoms with Crippen molar-refractivity contribution in [3.05, 3.63) is 0 Å². The largest absolute Gasteiger partial charge is 0.299 e. The standard InChI is InChI=1S/C21H36O5S2/c1-5-27(6-2,14-18(22)16-9-7-8-10-16)26-28(24,25)15-21-12-11-17(13-19(21)23)20(21,3)4/h16-17H,5-15H2,1-4H3. The average molecular weight is 433 g/mol. The molecule has 0 aromatic carbocycles. The number of rotatable bonds is 9. The lowest BCUT2D eigenvalue weighted by molar-refractivity contribution is -0.128. The SMILES string of the molecule is CCS(CC)(CC(=O)C1CCCC1)OS(=O)(=O)CC12CCC(CC1=O)C2(C)C. The molecule has 3 fully saturated rings. The molecule has 3 aliphatic carbocycles. The molecule has 3 rings (SSSR count). The van der Waals surface area contributed by atoms with Crippen LogP contribution in [-0.4, -0.2) is 43.0 Å². The highest BCUT2D eigenvalue weighted by Crippen LogP contribution is 2.65. The van der Waals surface area contributed by atoms with Gasteiger partial charge in [0.25, 0.3) is 10.1 Å². The molecule has 0 spiro atoms. The molecule has 2 bridgehead atoms. The molecule has 5 nitrogen and oxygen atoms in total. The van der Waals surface area contributed by atoms with Crippen molar-refractivity contribution in [1.29, 1.82) is 0 Å². The van der Waals surface area contributed by atoms with Crippen LogP contribution in [0.4, 0.5) is 0 Å². The maximum atomic E-state index is 13.2. The third-order valence-corrected chi connectivity index (χ3v) is 13.8. The number of ketones is 2. The van der Waals surface area contributed by atoms with Gasteiger partial charge in [0.05, 0.1) is 16.9 Å². The molecule has 3 saturated carbocycles. The number of hydrogen-bond donors (Lipinski definition) is 0. The first-order chi connectivity index (χ1) is 13.0. The first kappa shape index (κ1) is 22.3. The summed E-state index contributed by atoms with van der Waals surface area (Å²) in [6.07, 6.45) is 6.03. The van der Waals surface area contributed by atoms with Gasteiger partial charge in [-0.2, -0.15) is 8.42 Å². The summed E-state index contributed by atoms with van der Waals surface area (Å²) < 4.78 is 32.2. The maximum Gasteiger partial charge on any atom is 0.277 e. The summed E-state index contributed by atoms with van der Waals surface area (Å²) >= 11 is 0. The van der Waals surface area contributed by atoms with E-state index in [1.54, 1.807) is 0 Å². The Bertz CT molecular complexity index is 732. The van der Waals surface area contributed by atoms with Crippen LogP contribution < -0.4 is 0 Å². The smallest absolute Gasteiger partial charge is 0.277 e. The Morgan fingerprint density at radius 2 is 1.71 bits per heavy atom. The summed E-state index contributed by atoms with van der Waals surface area (Å²) in [6, 6.07) is 0. The Hall–Kier alpha value is -0.400. The van der Waals surface area contributed by atoms with Crippen LogP contribution in [0.25, 0.3) is 0 Å². The van der Waals surface area contributed by atoms with Gasteiger partial charge in [-0.1, -0.05) is 40.5 Å². The fourth-order valence-electron chi connectivity index (χ4n) is 5.81. The van der Waals surface area contributed by atoms with Crippen LogP contribution in [0.15, 0.2) is 0 Å². The summed E-state index contributed by atoms with van der Waals surface area (Å²) in [6.45, 7) is 7.92. The average Bonchev–Trinajstić information content (AvgIpc) is 3.27. The lowest BCUT2D eigenvalue weighted by Crippen LogP contribution is -2.43. The lowest BCUT2D eigenvalue weighted by Gasteiger charge is -2.40. The van der Waals surface area contributed by atoms with Crippen LogP contribution >= 0.6 is 10.3 Å². The highest BCUT2D eigenvalue weighted by Gasteiger charge is 2.65. The molecule has 0 radical (unpaired) electrons. The van der Waals surface area contributed by atoms with Gasteiger partial charge in [-0.25, -0.2) is 3.63 Å². The lowest BCUT2D eigenvalue weighted by atomic mass is 9.70. The zero-order valence-corrected chi connectivity index (χ0v) is 19.4. The fourth-order valence-corrected chi connectivity index (χ4v) is 11.6. The molecular weight excluding hydrogens is 396 g/mol. The first-order valence-corrected chi connectivity index (χ1v) is 14.4. The molecule has 28 heavy (non-hydrogen) atoms. The molecule has 3 aliphatic rings. The van der Waals surface area contributed by atoms with E-state index in [1.165, 1.54) is 0 Å². The van der Waals surface area contributed by atoms with E-state index < -0.39 is 25.8 Å². The van der Waals surface area contributed by atoms with Crippen LogP contribution in [0.5, 0.6) is 0 Å². The van der Waals surface area contributed by atoms with Crippen molar-refractivity contribution in [1.82, 2.24) is 0 Å². The summed E-state index contributed by atoms with van der Waals surface area (Å²) in [4.78, 5) is 25.5. The molecule has 0 N–H and O–H groups in total. The van der Waals surface area contributed by atoms with E-state index in [1.807, 2.05) is 27.7 Å². The Balaban J connectivity index is 1.78. The van der Waals surface area contributed by atoms with Crippen molar-refractivity contribution in [2.45, 2.75) is 72.6 Å². The number of hydrogen-bond acceptors (Lipinski definition) is 5. The monoisotopic (exact) mass is 432 g/mol. The van der Waals surface area contributed by atoms with E-state index in [4.69, 9.17) is 3.63 Å². The number of fused-ring (bicyclic) bond motifs is 2. The predicted molar refractivity (Wildman–Crippen MR) is 114 cm³/mol. The Labute approximate surface area is 172 Å². The maximum absolute atomic E-state index is 13.2. The summed E-state index contributed by atoms with van der Waals surface area (Å²) in [7, 11) is -5.93. The Morgan fingerprint density at radius 3 is 2.18 bits per heavy atom. The van der Waals surface area contributed by atoms with Gasteiger partial charge in [0.2, 0.25) is 0 Å².